The van der Waals surface area contributed by atoms with E-state index in [1.165, 1.54) is 5.57 Å². The van der Waals surface area contributed by atoms with Crippen LogP contribution in [0.1, 0.15) is 26.7 Å². The van der Waals surface area contributed by atoms with Crippen LogP contribution in [-0.2, 0) is 0 Å². The molecular weight excluding hydrogens is 146 g/mol. The summed E-state index contributed by atoms with van der Waals surface area (Å²) in [5, 5.41) is 0.589. The number of hydrogen-bond acceptors (Lipinski definition) is 1. The van der Waals surface area contributed by atoms with Crippen LogP contribution in [0.3, 0.4) is 0 Å². The van der Waals surface area contributed by atoms with Crippen LogP contribution in [-0.4, -0.2) is 12.2 Å². The number of halogens is 1. The normalized spacial score (nSPS) is 14.0. The van der Waals surface area contributed by atoms with Gasteiger partial charge in [0.05, 0.1) is 0 Å². The molecule has 58 valence electrons. The third-order valence-electron chi connectivity index (χ3n) is 1.22. The van der Waals surface area contributed by atoms with Gasteiger partial charge in [-0.3, -0.25) is 4.99 Å². The van der Waals surface area contributed by atoms with E-state index >= 15 is 0 Å². The lowest BCUT2D eigenvalue weighted by Crippen LogP contribution is -1.83. The molecule has 0 fully saturated rings. The highest BCUT2D eigenvalue weighted by Gasteiger charge is 1.88. The molecule has 0 bridgehead atoms. The molecule has 0 saturated heterocycles. The van der Waals surface area contributed by atoms with Gasteiger partial charge in [0.2, 0.25) is 0 Å². The second kappa shape index (κ2) is 5.48. The van der Waals surface area contributed by atoms with Gasteiger partial charge in [-0.2, -0.15) is 0 Å². The zero-order valence-corrected chi connectivity index (χ0v) is 7.57. The molecule has 0 rings (SSSR count). The first-order chi connectivity index (χ1) is 4.70. The molecule has 0 aliphatic rings. The SMILES string of the molecule is CCCC(C)=CC(Cl)=NC. The van der Waals surface area contributed by atoms with Gasteiger partial charge in [0.15, 0.2) is 0 Å². The van der Waals surface area contributed by atoms with Crippen LogP contribution in [0.2, 0.25) is 0 Å². The quantitative estimate of drug-likeness (QED) is 0.562. The highest BCUT2D eigenvalue weighted by molar-refractivity contribution is 6.68. The van der Waals surface area contributed by atoms with Crippen molar-refractivity contribution >= 4 is 16.8 Å². The van der Waals surface area contributed by atoms with Crippen molar-refractivity contribution in [2.75, 3.05) is 7.05 Å². The molecule has 1 nitrogen and oxygen atoms in total. The van der Waals surface area contributed by atoms with Crippen molar-refractivity contribution in [1.82, 2.24) is 0 Å². The summed E-state index contributed by atoms with van der Waals surface area (Å²) in [7, 11) is 1.69. The fourth-order valence-electron chi connectivity index (χ4n) is 0.734. The molecule has 0 spiro atoms. The van der Waals surface area contributed by atoms with Crippen molar-refractivity contribution in [2.45, 2.75) is 26.7 Å². The van der Waals surface area contributed by atoms with E-state index in [4.69, 9.17) is 11.6 Å². The van der Waals surface area contributed by atoms with Crippen LogP contribution in [0.25, 0.3) is 0 Å². The van der Waals surface area contributed by atoms with Crippen LogP contribution in [0, 0.1) is 0 Å². The topological polar surface area (TPSA) is 12.4 Å². The molecule has 0 amide bonds. The Labute approximate surface area is 67.8 Å². The Hall–Kier alpha value is -0.300. The van der Waals surface area contributed by atoms with Crippen molar-refractivity contribution in [3.05, 3.63) is 11.6 Å². The average molecular weight is 160 g/mol. The average Bonchev–Trinajstić information content (AvgIpc) is 1.88. The first-order valence-electron chi connectivity index (χ1n) is 3.50. The van der Waals surface area contributed by atoms with E-state index in [0.717, 1.165) is 12.8 Å². The minimum atomic E-state index is 0.589. The molecule has 0 aromatic rings. The molecule has 0 aliphatic heterocycles. The van der Waals surface area contributed by atoms with E-state index in [0.29, 0.717) is 5.17 Å². The second-order valence-corrected chi connectivity index (χ2v) is 2.67. The number of rotatable bonds is 3. The van der Waals surface area contributed by atoms with Crippen LogP contribution >= 0.6 is 11.6 Å². The highest BCUT2D eigenvalue weighted by Crippen LogP contribution is 2.04. The number of aliphatic imine (C=N–C) groups is 1. The van der Waals surface area contributed by atoms with E-state index in [2.05, 4.69) is 18.8 Å². The van der Waals surface area contributed by atoms with Crippen LogP contribution in [0.5, 0.6) is 0 Å². The first-order valence-corrected chi connectivity index (χ1v) is 3.88. The predicted molar refractivity (Wildman–Crippen MR) is 47.9 cm³/mol. The lowest BCUT2D eigenvalue weighted by atomic mass is 10.2. The maximum Gasteiger partial charge on any atom is 0.123 e. The van der Waals surface area contributed by atoms with Crippen molar-refractivity contribution in [3.8, 4) is 0 Å². The van der Waals surface area contributed by atoms with Gasteiger partial charge >= 0.3 is 0 Å². The van der Waals surface area contributed by atoms with E-state index in [1.807, 2.05) is 6.08 Å². The summed E-state index contributed by atoms with van der Waals surface area (Å²) >= 11 is 5.67. The monoisotopic (exact) mass is 159 g/mol. The molecule has 0 saturated carbocycles. The fourth-order valence-corrected chi connectivity index (χ4v) is 0.921. The Morgan fingerprint density at radius 2 is 2.20 bits per heavy atom. The molecule has 0 aromatic heterocycles. The van der Waals surface area contributed by atoms with Gasteiger partial charge in [0.25, 0.3) is 0 Å². The minimum absolute atomic E-state index is 0.589. The number of hydrogen-bond donors (Lipinski definition) is 0. The van der Waals surface area contributed by atoms with Crippen molar-refractivity contribution in [2.24, 2.45) is 4.99 Å². The summed E-state index contributed by atoms with van der Waals surface area (Å²) in [6.07, 6.45) is 4.17. The van der Waals surface area contributed by atoms with Gasteiger partial charge in [0, 0.05) is 7.05 Å². The third-order valence-corrected chi connectivity index (χ3v) is 1.50. The van der Waals surface area contributed by atoms with Crippen molar-refractivity contribution < 1.29 is 0 Å². The zero-order chi connectivity index (χ0) is 7.98. The molecular formula is C8H14ClN. The van der Waals surface area contributed by atoms with Crippen LogP contribution < -0.4 is 0 Å². The summed E-state index contributed by atoms with van der Waals surface area (Å²) in [6.45, 7) is 4.21. The Morgan fingerprint density at radius 1 is 1.60 bits per heavy atom. The van der Waals surface area contributed by atoms with Gasteiger partial charge in [-0.05, 0) is 19.4 Å². The van der Waals surface area contributed by atoms with Gasteiger partial charge in [-0.15, -0.1) is 0 Å². The van der Waals surface area contributed by atoms with E-state index < -0.39 is 0 Å². The summed E-state index contributed by atoms with van der Waals surface area (Å²) in [6, 6.07) is 0. The Bertz CT molecular complexity index is 147. The Balaban J connectivity index is 3.90. The van der Waals surface area contributed by atoms with E-state index in [9.17, 15) is 0 Å². The zero-order valence-electron chi connectivity index (χ0n) is 6.82. The van der Waals surface area contributed by atoms with E-state index in [1.54, 1.807) is 7.05 Å². The van der Waals surface area contributed by atoms with Gasteiger partial charge < -0.3 is 0 Å². The molecule has 0 N–H and O–H groups in total. The molecule has 10 heavy (non-hydrogen) atoms. The van der Waals surface area contributed by atoms with Crippen LogP contribution in [0.4, 0.5) is 0 Å². The predicted octanol–water partition coefficient (Wildman–Crippen LogP) is 3.00. The summed E-state index contributed by atoms with van der Waals surface area (Å²) in [5.41, 5.74) is 1.29. The second-order valence-electron chi connectivity index (χ2n) is 2.29. The molecule has 0 heterocycles. The molecule has 0 aliphatic carbocycles. The number of nitrogens with zero attached hydrogens (tertiary/aromatic N) is 1. The summed E-state index contributed by atoms with van der Waals surface area (Å²) in [4.78, 5) is 3.82. The lowest BCUT2D eigenvalue weighted by Gasteiger charge is -1.94. The molecule has 0 aromatic carbocycles. The minimum Gasteiger partial charge on any atom is -0.277 e. The smallest absolute Gasteiger partial charge is 0.123 e. The third kappa shape index (κ3) is 4.57. The van der Waals surface area contributed by atoms with Gasteiger partial charge in [-0.25, -0.2) is 0 Å². The van der Waals surface area contributed by atoms with Crippen molar-refractivity contribution in [1.29, 1.82) is 0 Å². The lowest BCUT2D eigenvalue weighted by molar-refractivity contribution is 0.907. The molecule has 0 atom stereocenters. The first kappa shape index (κ1) is 9.70. The molecule has 2 heteroatoms. The summed E-state index contributed by atoms with van der Waals surface area (Å²) < 4.78 is 0. The van der Waals surface area contributed by atoms with Gasteiger partial charge in [-0.1, -0.05) is 30.5 Å². The maximum absolute atomic E-state index is 5.67. The Morgan fingerprint density at radius 3 is 2.60 bits per heavy atom. The summed E-state index contributed by atoms with van der Waals surface area (Å²) in [5.74, 6) is 0. The highest BCUT2D eigenvalue weighted by atomic mass is 35.5. The standard InChI is InChI=1S/C8H14ClN/c1-4-5-7(2)6-8(9)10-3/h6H,4-5H2,1-3H3. The van der Waals surface area contributed by atoms with Crippen LogP contribution in [0.15, 0.2) is 16.6 Å². The number of allylic oxidation sites excluding steroid dienone is 2. The Kier molecular flexibility index (Phi) is 5.32. The van der Waals surface area contributed by atoms with Gasteiger partial charge in [0.1, 0.15) is 5.17 Å². The fraction of sp³-hybridized carbons (Fsp3) is 0.625. The largest absolute Gasteiger partial charge is 0.277 e. The molecule has 0 radical (unpaired) electrons. The maximum atomic E-state index is 5.67. The molecule has 0 unspecified atom stereocenters. The van der Waals surface area contributed by atoms with E-state index in [-0.39, 0.29) is 0 Å². The van der Waals surface area contributed by atoms with Crippen molar-refractivity contribution in [3.63, 3.8) is 0 Å².